The minimum atomic E-state index is -0.736. The lowest BCUT2D eigenvalue weighted by atomic mass is 9.73. The van der Waals surface area contributed by atoms with Crippen LogP contribution in [0.25, 0.3) is 5.76 Å². The number of aliphatic hydroxyl groups excluding tert-OH is 1. The van der Waals surface area contributed by atoms with Gasteiger partial charge in [-0.1, -0.05) is 25.7 Å². The maximum atomic E-state index is 13.3. The van der Waals surface area contributed by atoms with Crippen LogP contribution in [0, 0.1) is 0 Å². The molecule has 1 aromatic heterocycles. The first-order valence-corrected chi connectivity index (χ1v) is 8.89. The Kier molecular flexibility index (Phi) is 3.55. The molecule has 5 heteroatoms. The molecule has 0 bridgehead atoms. The average molecular weight is 329 g/mol. The Morgan fingerprint density at radius 3 is 2.50 bits per heavy atom. The number of carbonyl (C=O) groups excluding carboxylic acids is 2. The van der Waals surface area contributed by atoms with Crippen LogP contribution >= 0.6 is 0 Å². The molecule has 128 valence electrons. The van der Waals surface area contributed by atoms with E-state index in [2.05, 4.69) is 4.57 Å². The van der Waals surface area contributed by atoms with E-state index in [-0.39, 0.29) is 17.1 Å². The van der Waals surface area contributed by atoms with Gasteiger partial charge >= 0.3 is 5.97 Å². The molecule has 2 fully saturated rings. The van der Waals surface area contributed by atoms with Crippen molar-refractivity contribution < 1.29 is 19.4 Å². The first-order chi connectivity index (χ1) is 11.6. The Bertz CT molecular complexity index is 733. The summed E-state index contributed by atoms with van der Waals surface area (Å²) in [5, 5.41) is 10.6. The van der Waals surface area contributed by atoms with Crippen molar-refractivity contribution in [2.45, 2.75) is 62.8 Å². The highest BCUT2D eigenvalue weighted by molar-refractivity contribution is 6.25. The van der Waals surface area contributed by atoms with E-state index in [9.17, 15) is 14.7 Å². The quantitative estimate of drug-likeness (QED) is 0.666. The molecular weight excluding hydrogens is 306 g/mol. The first kappa shape index (κ1) is 15.5. The molecule has 1 aliphatic heterocycles. The van der Waals surface area contributed by atoms with Crippen LogP contribution in [0.5, 0.6) is 0 Å². The Morgan fingerprint density at radius 2 is 1.92 bits per heavy atom. The van der Waals surface area contributed by atoms with Crippen LogP contribution in [0.4, 0.5) is 0 Å². The molecule has 2 aliphatic carbocycles. The Labute approximate surface area is 141 Å². The number of esters is 1. The fraction of sp³-hybridized carbons (Fsp3) is 0.579. The highest BCUT2D eigenvalue weighted by Gasteiger charge is 2.51. The molecule has 0 atom stereocenters. The molecule has 0 radical (unpaired) electrons. The highest BCUT2D eigenvalue weighted by Crippen LogP contribution is 2.48. The van der Waals surface area contributed by atoms with Gasteiger partial charge in [0.05, 0.1) is 12.8 Å². The summed E-state index contributed by atoms with van der Waals surface area (Å²) in [5.41, 5.74) is 0.837. The number of rotatable bonds is 2. The number of Topliss-reactive ketones (excluding diaryl/α,β-unsaturated/α-hetero) is 1. The molecule has 4 rings (SSSR count). The standard InChI is InChI=1S/C19H23NO4/c1-24-18(23)15-16(21)14-9-8-13(12-6-5-7-12)20(14)19(17(15)22)10-3-2-4-11-19/h8-9,12,21H,2-7,10-11H2,1H3. The summed E-state index contributed by atoms with van der Waals surface area (Å²) in [6, 6.07) is 3.88. The molecule has 0 unspecified atom stereocenters. The van der Waals surface area contributed by atoms with Crippen molar-refractivity contribution in [2.75, 3.05) is 7.11 Å². The molecule has 2 heterocycles. The summed E-state index contributed by atoms with van der Waals surface area (Å²) >= 11 is 0. The molecule has 1 spiro atoms. The summed E-state index contributed by atoms with van der Waals surface area (Å²) in [4.78, 5) is 25.5. The monoisotopic (exact) mass is 329 g/mol. The lowest BCUT2D eigenvalue weighted by Crippen LogP contribution is -2.50. The van der Waals surface area contributed by atoms with Crippen LogP contribution in [-0.4, -0.2) is 28.5 Å². The predicted molar refractivity (Wildman–Crippen MR) is 88.7 cm³/mol. The van der Waals surface area contributed by atoms with E-state index in [1.807, 2.05) is 12.1 Å². The topological polar surface area (TPSA) is 68.5 Å². The zero-order valence-electron chi connectivity index (χ0n) is 14.0. The second-order valence-electron chi connectivity index (χ2n) is 7.24. The summed E-state index contributed by atoms with van der Waals surface area (Å²) in [6.45, 7) is 0. The van der Waals surface area contributed by atoms with Crippen molar-refractivity contribution in [3.8, 4) is 0 Å². The SMILES string of the molecule is COC(=O)C1=C(O)c2ccc(C3CCC3)n2C2(CCCCC2)C1=O. The summed E-state index contributed by atoms with van der Waals surface area (Å²) in [5.74, 6) is -0.776. The van der Waals surface area contributed by atoms with E-state index >= 15 is 0 Å². The predicted octanol–water partition coefficient (Wildman–Crippen LogP) is 3.44. The fourth-order valence-electron chi connectivity index (χ4n) is 4.59. The maximum absolute atomic E-state index is 13.3. The fourth-order valence-corrected chi connectivity index (χ4v) is 4.59. The smallest absolute Gasteiger partial charge is 0.345 e. The number of hydrogen-bond acceptors (Lipinski definition) is 4. The molecule has 0 saturated heterocycles. The number of carbonyl (C=O) groups is 2. The van der Waals surface area contributed by atoms with Crippen molar-refractivity contribution in [3.63, 3.8) is 0 Å². The van der Waals surface area contributed by atoms with Crippen LogP contribution in [0.15, 0.2) is 17.7 Å². The second kappa shape index (κ2) is 5.50. The number of aromatic nitrogens is 1. The second-order valence-corrected chi connectivity index (χ2v) is 7.24. The average Bonchev–Trinajstić information content (AvgIpc) is 2.98. The van der Waals surface area contributed by atoms with Crippen LogP contribution in [0.3, 0.4) is 0 Å². The van der Waals surface area contributed by atoms with Gasteiger partial charge in [-0.2, -0.15) is 0 Å². The van der Waals surface area contributed by atoms with Gasteiger partial charge in [-0.15, -0.1) is 0 Å². The van der Waals surface area contributed by atoms with Crippen LogP contribution < -0.4 is 0 Å². The van der Waals surface area contributed by atoms with Crippen molar-refractivity contribution >= 4 is 17.5 Å². The molecule has 24 heavy (non-hydrogen) atoms. The number of nitrogens with zero attached hydrogens (tertiary/aromatic N) is 1. The number of fused-ring (bicyclic) bond motifs is 2. The van der Waals surface area contributed by atoms with Gasteiger partial charge in [0.25, 0.3) is 0 Å². The van der Waals surface area contributed by atoms with Gasteiger partial charge < -0.3 is 14.4 Å². The summed E-state index contributed by atoms with van der Waals surface area (Å²) in [6.07, 6.45) is 7.94. The Morgan fingerprint density at radius 1 is 1.21 bits per heavy atom. The summed E-state index contributed by atoms with van der Waals surface area (Å²) in [7, 11) is 1.25. The number of ether oxygens (including phenoxy) is 1. The van der Waals surface area contributed by atoms with Crippen molar-refractivity contribution in [3.05, 3.63) is 29.1 Å². The largest absolute Gasteiger partial charge is 0.505 e. The van der Waals surface area contributed by atoms with Gasteiger partial charge in [0.2, 0.25) is 0 Å². The molecule has 5 nitrogen and oxygen atoms in total. The van der Waals surface area contributed by atoms with Crippen molar-refractivity contribution in [1.82, 2.24) is 4.57 Å². The highest BCUT2D eigenvalue weighted by atomic mass is 16.5. The normalized spacial score (nSPS) is 23.1. The molecule has 2 saturated carbocycles. The van der Waals surface area contributed by atoms with Gasteiger partial charge in [-0.05, 0) is 43.7 Å². The number of ketones is 1. The van der Waals surface area contributed by atoms with Gasteiger partial charge in [-0.3, -0.25) is 4.79 Å². The van der Waals surface area contributed by atoms with E-state index < -0.39 is 11.5 Å². The van der Waals surface area contributed by atoms with Gasteiger partial charge in [0, 0.05) is 5.69 Å². The molecule has 0 amide bonds. The van der Waals surface area contributed by atoms with Gasteiger partial charge in [0.15, 0.2) is 11.5 Å². The third-order valence-corrected chi connectivity index (χ3v) is 6.06. The van der Waals surface area contributed by atoms with Crippen molar-refractivity contribution in [1.29, 1.82) is 0 Å². The molecule has 0 aromatic carbocycles. The zero-order valence-corrected chi connectivity index (χ0v) is 14.0. The van der Waals surface area contributed by atoms with Crippen molar-refractivity contribution in [2.24, 2.45) is 0 Å². The zero-order chi connectivity index (χ0) is 16.9. The number of hydrogen-bond donors (Lipinski definition) is 1. The molecule has 1 N–H and O–H groups in total. The minimum Gasteiger partial charge on any atom is -0.505 e. The minimum absolute atomic E-state index is 0.176. The number of methoxy groups -OCH3 is 1. The molecule has 3 aliphatic rings. The lowest BCUT2D eigenvalue weighted by molar-refractivity contribution is -0.140. The first-order valence-electron chi connectivity index (χ1n) is 8.89. The Hall–Kier alpha value is -2.04. The third kappa shape index (κ3) is 1.93. The van der Waals surface area contributed by atoms with Crippen LogP contribution in [-0.2, 0) is 19.9 Å². The van der Waals surface area contributed by atoms with E-state index in [1.165, 1.54) is 13.5 Å². The molecular formula is C19H23NO4. The van der Waals surface area contributed by atoms with Gasteiger partial charge in [-0.25, -0.2) is 4.79 Å². The maximum Gasteiger partial charge on any atom is 0.345 e. The third-order valence-electron chi connectivity index (χ3n) is 6.06. The van der Waals surface area contributed by atoms with E-state index in [0.717, 1.165) is 50.6 Å². The van der Waals surface area contributed by atoms with Crippen LogP contribution in [0.2, 0.25) is 0 Å². The lowest BCUT2D eigenvalue weighted by Gasteiger charge is -2.44. The van der Waals surface area contributed by atoms with E-state index in [4.69, 9.17) is 4.74 Å². The van der Waals surface area contributed by atoms with E-state index in [1.54, 1.807) is 0 Å². The van der Waals surface area contributed by atoms with E-state index in [0.29, 0.717) is 11.6 Å². The Balaban J connectivity index is 1.94. The number of aliphatic hydroxyl groups is 1. The summed E-state index contributed by atoms with van der Waals surface area (Å²) < 4.78 is 6.85. The molecule has 1 aromatic rings. The van der Waals surface area contributed by atoms with Gasteiger partial charge in [0.1, 0.15) is 11.1 Å². The van der Waals surface area contributed by atoms with Crippen LogP contribution in [0.1, 0.15) is 68.7 Å².